The van der Waals surface area contributed by atoms with Gasteiger partial charge >= 0.3 is 0 Å². The molecule has 0 fully saturated rings. The van der Waals surface area contributed by atoms with E-state index in [0.29, 0.717) is 5.82 Å². The van der Waals surface area contributed by atoms with E-state index in [9.17, 15) is 0 Å². The van der Waals surface area contributed by atoms with Crippen LogP contribution in [0.3, 0.4) is 0 Å². The lowest BCUT2D eigenvalue weighted by Gasteiger charge is -2.05. The minimum Gasteiger partial charge on any atom is -0.264 e. The molecule has 0 atom stereocenters. The van der Waals surface area contributed by atoms with Crippen molar-refractivity contribution < 1.29 is 0 Å². The second-order valence-corrected chi connectivity index (χ2v) is 4.09. The smallest absolute Gasteiger partial charge is 0.161 e. The highest BCUT2D eigenvalue weighted by Crippen LogP contribution is 2.20. The minimum absolute atomic E-state index is 0.659. The van der Waals surface area contributed by atoms with Gasteiger partial charge in [-0.3, -0.25) is 4.98 Å². The summed E-state index contributed by atoms with van der Waals surface area (Å²) in [5.41, 5.74) is 3.47. The number of aryl methyl sites for hydroxylation is 1. The van der Waals surface area contributed by atoms with E-state index in [4.69, 9.17) is 0 Å². The Balaban J connectivity index is 2.12. The monoisotopic (exact) mass is 249 g/mol. The third-order valence-electron chi connectivity index (χ3n) is 2.63. The van der Waals surface area contributed by atoms with Crippen molar-refractivity contribution in [2.24, 2.45) is 0 Å². The summed E-state index contributed by atoms with van der Waals surface area (Å²) in [4.78, 5) is 21.1. The Morgan fingerprint density at radius 1 is 0.895 bits per heavy atom. The quantitative estimate of drug-likeness (QED) is 0.697. The molecule has 0 aliphatic heterocycles. The van der Waals surface area contributed by atoms with Crippen LogP contribution in [0.2, 0.25) is 0 Å². The van der Waals surface area contributed by atoms with Crippen LogP contribution < -0.4 is 0 Å². The molecule has 0 N–H and O–H groups in total. The van der Waals surface area contributed by atoms with Crippen LogP contribution in [0.5, 0.6) is 0 Å². The van der Waals surface area contributed by atoms with E-state index >= 15 is 0 Å². The summed E-state index contributed by atoms with van der Waals surface area (Å²) in [6.07, 6.45) is 8.45. The van der Waals surface area contributed by atoms with Crippen LogP contribution >= 0.6 is 0 Å². The zero-order valence-electron chi connectivity index (χ0n) is 10.4. The van der Waals surface area contributed by atoms with E-state index in [2.05, 4.69) is 24.9 Å². The van der Waals surface area contributed by atoms with Gasteiger partial charge in [0.1, 0.15) is 6.33 Å². The van der Waals surface area contributed by atoms with Crippen molar-refractivity contribution in [1.29, 1.82) is 0 Å². The number of pyridine rings is 1. The van der Waals surface area contributed by atoms with Crippen molar-refractivity contribution >= 4 is 0 Å². The summed E-state index contributed by atoms with van der Waals surface area (Å²) in [5.74, 6) is 0.659. The second-order valence-electron chi connectivity index (χ2n) is 4.09. The maximum absolute atomic E-state index is 4.54. The Kier molecular flexibility index (Phi) is 2.94. The maximum Gasteiger partial charge on any atom is 0.161 e. The average Bonchev–Trinajstić information content (AvgIpc) is 2.48. The van der Waals surface area contributed by atoms with Gasteiger partial charge in [0.25, 0.3) is 0 Å². The number of aromatic nitrogens is 5. The van der Waals surface area contributed by atoms with Crippen LogP contribution in [-0.4, -0.2) is 24.9 Å². The summed E-state index contributed by atoms with van der Waals surface area (Å²) in [6, 6.07) is 5.72. The standard InChI is InChI=1S/C14H11N5/c1-10-5-13(12-7-16-9-17-8-12)19-14(18-10)11-3-2-4-15-6-11/h2-9H,1H3. The Morgan fingerprint density at radius 2 is 1.68 bits per heavy atom. The lowest BCUT2D eigenvalue weighted by Crippen LogP contribution is -1.95. The van der Waals surface area contributed by atoms with Crippen LogP contribution in [0.15, 0.2) is 49.3 Å². The zero-order valence-corrected chi connectivity index (χ0v) is 10.4. The van der Waals surface area contributed by atoms with Gasteiger partial charge in [0.05, 0.1) is 5.69 Å². The van der Waals surface area contributed by atoms with Gasteiger partial charge in [-0.25, -0.2) is 19.9 Å². The zero-order chi connectivity index (χ0) is 13.1. The summed E-state index contributed by atoms with van der Waals surface area (Å²) >= 11 is 0. The molecule has 92 valence electrons. The SMILES string of the molecule is Cc1cc(-c2cncnc2)nc(-c2cccnc2)n1. The van der Waals surface area contributed by atoms with Gasteiger partial charge in [-0.1, -0.05) is 0 Å². The van der Waals surface area contributed by atoms with Gasteiger partial charge in [-0.05, 0) is 25.1 Å². The van der Waals surface area contributed by atoms with Gasteiger partial charge in [-0.2, -0.15) is 0 Å². The number of rotatable bonds is 2. The molecular weight excluding hydrogens is 238 g/mol. The van der Waals surface area contributed by atoms with Crippen molar-refractivity contribution in [1.82, 2.24) is 24.9 Å². The Labute approximate surface area is 110 Å². The van der Waals surface area contributed by atoms with Crippen molar-refractivity contribution in [3.8, 4) is 22.6 Å². The predicted molar refractivity (Wildman–Crippen MR) is 71.0 cm³/mol. The Bertz CT molecular complexity index is 625. The van der Waals surface area contributed by atoms with Crippen LogP contribution in [0.1, 0.15) is 5.69 Å². The fourth-order valence-electron chi connectivity index (χ4n) is 1.77. The fourth-order valence-corrected chi connectivity index (χ4v) is 1.77. The first-order valence-electron chi connectivity index (χ1n) is 5.84. The molecule has 19 heavy (non-hydrogen) atoms. The first kappa shape index (κ1) is 11.4. The predicted octanol–water partition coefficient (Wildman–Crippen LogP) is 2.30. The number of hydrogen-bond acceptors (Lipinski definition) is 5. The maximum atomic E-state index is 4.54. The highest BCUT2D eigenvalue weighted by Gasteiger charge is 2.07. The molecule has 5 nitrogen and oxygen atoms in total. The van der Waals surface area contributed by atoms with Crippen LogP contribution in [0.4, 0.5) is 0 Å². The molecule has 0 saturated heterocycles. The lowest BCUT2D eigenvalue weighted by atomic mass is 10.2. The molecule has 0 aliphatic carbocycles. The molecule has 3 aromatic rings. The topological polar surface area (TPSA) is 64.5 Å². The van der Waals surface area contributed by atoms with E-state index in [1.54, 1.807) is 24.8 Å². The summed E-state index contributed by atoms with van der Waals surface area (Å²) in [7, 11) is 0. The summed E-state index contributed by atoms with van der Waals surface area (Å²) < 4.78 is 0. The van der Waals surface area contributed by atoms with E-state index in [0.717, 1.165) is 22.5 Å². The van der Waals surface area contributed by atoms with E-state index < -0.39 is 0 Å². The van der Waals surface area contributed by atoms with Gasteiger partial charge in [0.15, 0.2) is 5.82 Å². The average molecular weight is 249 g/mol. The van der Waals surface area contributed by atoms with Gasteiger partial charge < -0.3 is 0 Å². The van der Waals surface area contributed by atoms with Gasteiger partial charge in [0.2, 0.25) is 0 Å². The van der Waals surface area contributed by atoms with Crippen molar-refractivity contribution in [2.75, 3.05) is 0 Å². The molecule has 3 rings (SSSR count). The minimum atomic E-state index is 0.659. The van der Waals surface area contributed by atoms with Crippen molar-refractivity contribution in [3.63, 3.8) is 0 Å². The first-order valence-corrected chi connectivity index (χ1v) is 5.84. The van der Waals surface area contributed by atoms with Gasteiger partial charge in [-0.15, -0.1) is 0 Å². The largest absolute Gasteiger partial charge is 0.264 e. The molecular formula is C14H11N5. The Hall–Kier alpha value is -2.69. The summed E-state index contributed by atoms with van der Waals surface area (Å²) in [5, 5.41) is 0. The molecule has 0 bridgehead atoms. The normalized spacial score (nSPS) is 10.4. The highest BCUT2D eigenvalue weighted by atomic mass is 14.9. The number of hydrogen-bond donors (Lipinski definition) is 0. The second kappa shape index (κ2) is 4.89. The van der Waals surface area contributed by atoms with Crippen molar-refractivity contribution in [3.05, 3.63) is 55.0 Å². The molecule has 0 saturated carbocycles. The van der Waals surface area contributed by atoms with E-state index in [1.807, 2.05) is 25.1 Å². The van der Waals surface area contributed by atoms with Crippen LogP contribution in [0.25, 0.3) is 22.6 Å². The van der Waals surface area contributed by atoms with Gasteiger partial charge in [0, 0.05) is 41.6 Å². The van der Waals surface area contributed by atoms with Crippen molar-refractivity contribution in [2.45, 2.75) is 6.92 Å². The molecule has 0 spiro atoms. The fraction of sp³-hybridized carbons (Fsp3) is 0.0714. The summed E-state index contributed by atoms with van der Waals surface area (Å²) in [6.45, 7) is 1.94. The molecule has 3 heterocycles. The van der Waals surface area contributed by atoms with E-state index in [1.165, 1.54) is 6.33 Å². The lowest BCUT2D eigenvalue weighted by molar-refractivity contribution is 1.10. The molecule has 0 aromatic carbocycles. The molecule has 5 heteroatoms. The Morgan fingerprint density at radius 3 is 2.42 bits per heavy atom. The van der Waals surface area contributed by atoms with E-state index in [-0.39, 0.29) is 0 Å². The first-order chi connectivity index (χ1) is 9.33. The molecule has 0 unspecified atom stereocenters. The van der Waals surface area contributed by atoms with Crippen LogP contribution in [0, 0.1) is 6.92 Å². The molecule has 0 radical (unpaired) electrons. The highest BCUT2D eigenvalue weighted by molar-refractivity contribution is 5.62. The molecule has 3 aromatic heterocycles. The third kappa shape index (κ3) is 2.44. The third-order valence-corrected chi connectivity index (χ3v) is 2.63. The number of nitrogens with zero attached hydrogens (tertiary/aromatic N) is 5. The van der Waals surface area contributed by atoms with Crippen LogP contribution in [-0.2, 0) is 0 Å². The molecule has 0 amide bonds. The molecule has 0 aliphatic rings.